The molecule has 4 amide bonds. The van der Waals surface area contributed by atoms with Gasteiger partial charge in [-0.2, -0.15) is 0 Å². The monoisotopic (exact) mass is 977 g/mol. The second-order valence-electron chi connectivity index (χ2n) is 21.0. The molecule has 5 heterocycles. The molecule has 3 aliphatic rings. The van der Waals surface area contributed by atoms with Crippen LogP contribution in [0.2, 0.25) is 0 Å². The van der Waals surface area contributed by atoms with E-state index in [9.17, 15) is 34.2 Å². The van der Waals surface area contributed by atoms with E-state index in [1.807, 2.05) is 39.3 Å². The molecule has 71 heavy (non-hydrogen) atoms. The number of aryl methyl sites for hydroxylation is 1. The van der Waals surface area contributed by atoms with Crippen LogP contribution in [-0.2, 0) is 59.4 Å². The number of pyridine rings is 1. The first kappa shape index (κ1) is 52.7. The molecule has 3 aliphatic heterocycles. The summed E-state index contributed by atoms with van der Waals surface area (Å²) in [6, 6.07) is 10.3. The van der Waals surface area contributed by atoms with Crippen LogP contribution in [0.3, 0.4) is 0 Å². The Hall–Kier alpha value is -6.14. The number of hydrogen-bond acceptors (Lipinski definition) is 12. The van der Waals surface area contributed by atoms with Gasteiger partial charge in [-0.3, -0.25) is 34.0 Å². The van der Waals surface area contributed by atoms with Gasteiger partial charge >= 0.3 is 5.97 Å². The van der Waals surface area contributed by atoms with E-state index in [2.05, 4.69) is 65.8 Å². The van der Waals surface area contributed by atoms with Crippen molar-refractivity contribution >= 4 is 40.5 Å². The Labute approximate surface area is 417 Å². The number of fused-ring (bicyclic) bond motifs is 6. The molecule has 4 aromatic rings. The SMILES string of the molecule is C=CC(=O)N1CC[C@](O)(C(=O)N(C)[C@H](C(=O)N[C@H]2Cc3cc(O)cc(c3)-c3ccc4c(c3)c(c(-c3cc(CN(C)C)cnc3[C@H](C)OC)n4CC)CC(C)(C)COC(=O)[C@@H]3CCCN(N3)C2=O)C(C)C)C1. The molecule has 6 bridgehead atoms. The number of hydrazine groups is 1. The number of carbonyl (C=O) groups is 5. The molecule has 0 aliphatic carbocycles. The predicted molar refractivity (Wildman–Crippen MR) is 270 cm³/mol. The molecule has 0 radical (unpaired) electrons. The first-order valence-electron chi connectivity index (χ1n) is 24.7. The first-order chi connectivity index (χ1) is 33.6. The van der Waals surface area contributed by atoms with Crippen LogP contribution in [0.4, 0.5) is 0 Å². The van der Waals surface area contributed by atoms with Gasteiger partial charge in [0.2, 0.25) is 11.8 Å². The van der Waals surface area contributed by atoms with E-state index in [-0.39, 0.29) is 50.9 Å². The second kappa shape index (κ2) is 21.3. The number of likely N-dealkylation sites (N-methyl/N-ethyl adjacent to an activating group) is 1. The van der Waals surface area contributed by atoms with E-state index in [4.69, 9.17) is 14.5 Å². The Bertz CT molecular complexity index is 2700. The van der Waals surface area contributed by atoms with Gasteiger partial charge in [-0.25, -0.2) is 5.43 Å². The van der Waals surface area contributed by atoms with Crippen LogP contribution in [0.5, 0.6) is 5.75 Å². The Kier molecular flexibility index (Phi) is 15.8. The zero-order chi connectivity index (χ0) is 51.7. The number of phenols is 1. The highest BCUT2D eigenvalue weighted by Gasteiger charge is 2.48. The van der Waals surface area contributed by atoms with Gasteiger partial charge in [0.25, 0.3) is 11.8 Å². The number of ether oxygens (including phenoxy) is 2. The van der Waals surface area contributed by atoms with Crippen LogP contribution < -0.4 is 10.7 Å². The number of esters is 1. The Morgan fingerprint density at radius 1 is 1.07 bits per heavy atom. The number of phenolic OH excluding ortho intramolecular Hbond substituents is 1. The molecule has 2 saturated heterocycles. The molecule has 2 aromatic carbocycles. The van der Waals surface area contributed by atoms with Crippen molar-refractivity contribution in [1.82, 2.24) is 40.0 Å². The summed E-state index contributed by atoms with van der Waals surface area (Å²) in [7, 11) is 7.15. The Balaban J connectivity index is 1.34. The normalized spacial score (nSPS) is 21.5. The average molecular weight is 977 g/mol. The molecular weight excluding hydrogens is 905 g/mol. The zero-order valence-corrected chi connectivity index (χ0v) is 43.0. The number of aliphatic hydroxyl groups is 1. The maximum Gasteiger partial charge on any atom is 0.324 e. The van der Waals surface area contributed by atoms with Crippen LogP contribution >= 0.6 is 0 Å². The Morgan fingerprint density at radius 3 is 2.49 bits per heavy atom. The largest absolute Gasteiger partial charge is 0.508 e. The zero-order valence-electron chi connectivity index (χ0n) is 43.0. The van der Waals surface area contributed by atoms with Crippen molar-refractivity contribution in [2.45, 2.75) is 117 Å². The number of nitrogens with one attached hydrogen (secondary N) is 2. The molecule has 17 nitrogen and oxygen atoms in total. The average Bonchev–Trinajstić information content (AvgIpc) is 3.88. The van der Waals surface area contributed by atoms with Crippen LogP contribution in [0, 0.1) is 11.3 Å². The number of carbonyl (C=O) groups excluding carboxylic acids is 5. The topological polar surface area (TPSA) is 199 Å². The summed E-state index contributed by atoms with van der Waals surface area (Å²) in [6.45, 7) is 16.8. The van der Waals surface area contributed by atoms with Crippen LogP contribution in [0.25, 0.3) is 33.3 Å². The fourth-order valence-corrected chi connectivity index (χ4v) is 10.5. The standard InChI is InChI=1S/C54H72N8O9/c1-12-45(64)60-20-18-54(69,30-60)52(68)59(10)47(32(3)4)49(65)56-43-24-34-21-37(25-38(63)22-34)36-16-17-44-39(26-36)41(27-53(6,7)31-71-51(67)42-15-14-19-62(57-42)50(43)66)48(61(44)13-2)40-23-35(29-58(8)9)28-55-46(40)33(5)70-11/h12,16-17,21-23,25-26,28,32-33,42-43,47,57,63,69H,1,13-15,18-20,24,27,29-31H2,2-11H3,(H,56,65)/t33-,42-,43-,47-,54+/m0/s1. The summed E-state index contributed by atoms with van der Waals surface area (Å²) in [5.41, 5.74) is 8.43. The maximum absolute atomic E-state index is 14.8. The van der Waals surface area contributed by atoms with E-state index in [0.29, 0.717) is 43.5 Å². The van der Waals surface area contributed by atoms with Gasteiger partial charge in [-0.05, 0) is 117 Å². The molecule has 0 unspecified atom stereocenters. The summed E-state index contributed by atoms with van der Waals surface area (Å²) < 4.78 is 14.4. The van der Waals surface area contributed by atoms with E-state index in [1.165, 1.54) is 21.9 Å². The number of likely N-dealkylation sites (tertiary alicyclic amines) is 1. The van der Waals surface area contributed by atoms with Crippen LogP contribution in [0.15, 0.2) is 61.3 Å². The number of aromatic nitrogens is 2. The summed E-state index contributed by atoms with van der Waals surface area (Å²) >= 11 is 0. The van der Waals surface area contributed by atoms with Crippen molar-refractivity contribution in [3.63, 3.8) is 0 Å². The maximum atomic E-state index is 14.8. The van der Waals surface area contributed by atoms with Gasteiger partial charge in [0, 0.05) is 81.3 Å². The van der Waals surface area contributed by atoms with E-state index < -0.39 is 64.7 Å². The van der Waals surface area contributed by atoms with Crippen molar-refractivity contribution in [1.29, 1.82) is 0 Å². The molecular formula is C54H72N8O9. The molecule has 2 fully saturated rings. The number of benzene rings is 2. The molecule has 382 valence electrons. The molecule has 5 atom stereocenters. The summed E-state index contributed by atoms with van der Waals surface area (Å²) in [4.78, 5) is 79.5. The smallest absolute Gasteiger partial charge is 0.324 e. The van der Waals surface area contributed by atoms with Crippen LogP contribution in [0.1, 0.15) is 89.3 Å². The summed E-state index contributed by atoms with van der Waals surface area (Å²) in [5.74, 6) is -3.36. The molecule has 4 N–H and O–H groups in total. The van der Waals surface area contributed by atoms with Crippen molar-refractivity contribution in [3.8, 4) is 28.1 Å². The highest BCUT2D eigenvalue weighted by Crippen LogP contribution is 2.43. The van der Waals surface area contributed by atoms with Crippen LogP contribution in [-0.4, -0.2) is 147 Å². The summed E-state index contributed by atoms with van der Waals surface area (Å²) in [6.07, 6.45) is 4.00. The lowest BCUT2D eigenvalue weighted by Gasteiger charge is -2.37. The molecule has 17 heteroatoms. The van der Waals surface area contributed by atoms with Crippen molar-refractivity contribution in [2.24, 2.45) is 11.3 Å². The first-order valence-corrected chi connectivity index (χ1v) is 24.7. The second-order valence-corrected chi connectivity index (χ2v) is 21.0. The molecule has 0 spiro atoms. The van der Waals surface area contributed by atoms with Crippen molar-refractivity contribution < 1.29 is 43.7 Å². The van der Waals surface area contributed by atoms with E-state index in [0.717, 1.165) is 50.6 Å². The highest BCUT2D eigenvalue weighted by molar-refractivity contribution is 5.97. The van der Waals surface area contributed by atoms with Gasteiger partial charge in [0.15, 0.2) is 5.60 Å². The minimum Gasteiger partial charge on any atom is -0.508 e. The van der Waals surface area contributed by atoms with Gasteiger partial charge in [-0.15, -0.1) is 0 Å². The van der Waals surface area contributed by atoms with Crippen molar-refractivity contribution in [3.05, 3.63) is 83.7 Å². The third-order valence-corrected chi connectivity index (χ3v) is 14.1. The fraction of sp³-hybridized carbons (Fsp3) is 0.519. The number of rotatable bonds is 12. The van der Waals surface area contributed by atoms with E-state index >= 15 is 0 Å². The quantitative estimate of drug-likeness (QED) is 0.108. The van der Waals surface area contributed by atoms with Gasteiger partial charge < -0.3 is 44.3 Å². The molecule has 0 saturated carbocycles. The number of methoxy groups -OCH3 is 1. The predicted octanol–water partition coefficient (Wildman–Crippen LogP) is 5.15. The minimum absolute atomic E-state index is 0.0261. The Morgan fingerprint density at radius 2 is 1.82 bits per heavy atom. The lowest BCUT2D eigenvalue weighted by molar-refractivity contribution is -0.156. The fourth-order valence-electron chi connectivity index (χ4n) is 10.5. The lowest BCUT2D eigenvalue weighted by atomic mass is 9.84. The van der Waals surface area contributed by atoms with Gasteiger partial charge in [-0.1, -0.05) is 46.4 Å². The van der Waals surface area contributed by atoms with Crippen molar-refractivity contribution in [2.75, 3.05) is 54.5 Å². The number of amides is 4. The van der Waals surface area contributed by atoms with Gasteiger partial charge in [0.1, 0.15) is 23.9 Å². The molecule has 2 aromatic heterocycles. The number of aromatic hydroxyl groups is 1. The third-order valence-electron chi connectivity index (χ3n) is 14.1. The number of β-amino-alcohol motifs (C(OH)–C–C–N with tert-alkyl or cyclic N) is 1. The highest BCUT2D eigenvalue weighted by atomic mass is 16.5. The minimum atomic E-state index is -1.94. The lowest BCUT2D eigenvalue weighted by Crippen LogP contribution is -2.63. The third kappa shape index (κ3) is 11.2. The summed E-state index contributed by atoms with van der Waals surface area (Å²) in [5, 5.41) is 28.2. The number of hydrogen-bond donors (Lipinski definition) is 4. The van der Waals surface area contributed by atoms with E-state index in [1.54, 1.807) is 33.1 Å². The molecule has 7 rings (SSSR count). The number of nitrogens with zero attached hydrogens (tertiary/aromatic N) is 6. The van der Waals surface area contributed by atoms with Gasteiger partial charge in [0.05, 0.1) is 30.6 Å². The number of cyclic esters (lactones) is 1.